The summed E-state index contributed by atoms with van der Waals surface area (Å²) in [6.07, 6.45) is 3.18. The van der Waals surface area contributed by atoms with Crippen LogP contribution >= 0.6 is 0 Å². The molecule has 2 heterocycles. The van der Waals surface area contributed by atoms with Gasteiger partial charge in [-0.05, 0) is 55.7 Å². The molecule has 1 aromatic carbocycles. The summed E-state index contributed by atoms with van der Waals surface area (Å²) in [5, 5.41) is 20.0. The summed E-state index contributed by atoms with van der Waals surface area (Å²) in [6.45, 7) is 0.0581. The molecule has 3 aromatic rings. The van der Waals surface area contributed by atoms with Crippen molar-refractivity contribution in [3.8, 4) is 17.2 Å². The quantitative estimate of drug-likeness (QED) is 0.673. The molecule has 130 valence electrons. The van der Waals surface area contributed by atoms with E-state index in [0.29, 0.717) is 47.3 Å². The first-order valence-electron chi connectivity index (χ1n) is 8.14. The van der Waals surface area contributed by atoms with Crippen LogP contribution in [0.3, 0.4) is 0 Å². The zero-order chi connectivity index (χ0) is 17.8. The van der Waals surface area contributed by atoms with Gasteiger partial charge in [0.15, 0.2) is 5.65 Å². The van der Waals surface area contributed by atoms with E-state index in [1.807, 2.05) is 0 Å². The number of rotatable bonds is 6. The molecule has 0 spiro atoms. The molecule has 2 aromatic heterocycles. The SMILES string of the molecule is COc1ccc(-n2c(=O)c(CCCCO)c(O)c3cccnc32)cc1. The van der Waals surface area contributed by atoms with E-state index in [9.17, 15) is 9.90 Å². The van der Waals surface area contributed by atoms with Crippen molar-refractivity contribution in [3.05, 3.63) is 58.5 Å². The number of aliphatic hydroxyl groups is 1. The second-order valence-electron chi connectivity index (χ2n) is 5.72. The second-order valence-corrected chi connectivity index (χ2v) is 5.72. The van der Waals surface area contributed by atoms with Crippen LogP contribution in [0.15, 0.2) is 47.4 Å². The van der Waals surface area contributed by atoms with Crippen molar-refractivity contribution in [2.75, 3.05) is 13.7 Å². The summed E-state index contributed by atoms with van der Waals surface area (Å²) in [5.74, 6) is 0.659. The first-order valence-corrected chi connectivity index (χ1v) is 8.14. The predicted molar refractivity (Wildman–Crippen MR) is 95.6 cm³/mol. The number of aromatic hydroxyl groups is 1. The second kappa shape index (κ2) is 7.36. The van der Waals surface area contributed by atoms with Crippen LogP contribution in [0.2, 0.25) is 0 Å². The Morgan fingerprint density at radius 2 is 1.92 bits per heavy atom. The fraction of sp³-hybridized carbons (Fsp3) is 0.263. The summed E-state index contributed by atoms with van der Waals surface area (Å²) in [5.41, 5.74) is 1.09. The zero-order valence-electron chi connectivity index (χ0n) is 14.0. The first kappa shape index (κ1) is 17.0. The van der Waals surface area contributed by atoms with Crippen LogP contribution in [-0.2, 0) is 6.42 Å². The van der Waals surface area contributed by atoms with E-state index in [1.54, 1.807) is 49.7 Å². The fourth-order valence-corrected chi connectivity index (χ4v) is 2.86. The molecule has 0 saturated carbocycles. The largest absolute Gasteiger partial charge is 0.507 e. The monoisotopic (exact) mass is 340 g/mol. The molecule has 25 heavy (non-hydrogen) atoms. The Hall–Kier alpha value is -2.86. The van der Waals surface area contributed by atoms with Crippen molar-refractivity contribution in [2.24, 2.45) is 0 Å². The summed E-state index contributed by atoms with van der Waals surface area (Å²) >= 11 is 0. The Kier molecular flexibility index (Phi) is 5.00. The fourth-order valence-electron chi connectivity index (χ4n) is 2.86. The topological polar surface area (TPSA) is 84.6 Å². The van der Waals surface area contributed by atoms with E-state index in [4.69, 9.17) is 9.84 Å². The minimum absolute atomic E-state index is 0.0317. The molecule has 3 rings (SSSR count). The number of fused-ring (bicyclic) bond motifs is 1. The molecule has 6 nitrogen and oxygen atoms in total. The predicted octanol–water partition coefficient (Wildman–Crippen LogP) is 2.41. The number of nitrogens with zero attached hydrogens (tertiary/aromatic N) is 2. The van der Waals surface area contributed by atoms with Gasteiger partial charge >= 0.3 is 0 Å². The van der Waals surface area contributed by atoms with Gasteiger partial charge in [-0.1, -0.05) is 0 Å². The van der Waals surface area contributed by atoms with E-state index in [0.717, 1.165) is 0 Å². The van der Waals surface area contributed by atoms with Gasteiger partial charge in [0.1, 0.15) is 11.5 Å². The van der Waals surface area contributed by atoms with Gasteiger partial charge in [-0.2, -0.15) is 0 Å². The molecule has 6 heteroatoms. The molecular weight excluding hydrogens is 320 g/mol. The van der Waals surface area contributed by atoms with Gasteiger partial charge in [0, 0.05) is 12.8 Å². The van der Waals surface area contributed by atoms with E-state index >= 15 is 0 Å². The van der Waals surface area contributed by atoms with Crippen molar-refractivity contribution >= 4 is 11.0 Å². The number of pyridine rings is 2. The van der Waals surface area contributed by atoms with Crippen LogP contribution < -0.4 is 10.3 Å². The highest BCUT2D eigenvalue weighted by molar-refractivity contribution is 5.84. The maximum atomic E-state index is 13.0. The van der Waals surface area contributed by atoms with Crippen molar-refractivity contribution in [1.82, 2.24) is 9.55 Å². The molecule has 0 saturated heterocycles. The maximum absolute atomic E-state index is 13.0. The Labute approximate surface area is 145 Å². The Balaban J connectivity index is 2.23. The first-order chi connectivity index (χ1) is 12.2. The lowest BCUT2D eigenvalue weighted by atomic mass is 10.1. The lowest BCUT2D eigenvalue weighted by Crippen LogP contribution is -2.23. The molecule has 0 aliphatic carbocycles. The summed E-state index contributed by atoms with van der Waals surface area (Å²) in [7, 11) is 1.58. The van der Waals surface area contributed by atoms with Gasteiger partial charge in [-0.15, -0.1) is 0 Å². The maximum Gasteiger partial charge on any atom is 0.263 e. The average Bonchev–Trinajstić information content (AvgIpc) is 2.65. The third-order valence-electron chi connectivity index (χ3n) is 4.17. The minimum atomic E-state index is -0.299. The van der Waals surface area contributed by atoms with Crippen LogP contribution in [0.5, 0.6) is 11.5 Å². The molecule has 0 amide bonds. The van der Waals surface area contributed by atoms with Crippen LogP contribution in [0.4, 0.5) is 0 Å². The molecule has 2 N–H and O–H groups in total. The molecule has 0 atom stereocenters. The van der Waals surface area contributed by atoms with Crippen molar-refractivity contribution < 1.29 is 14.9 Å². The highest BCUT2D eigenvalue weighted by Gasteiger charge is 2.17. The zero-order valence-corrected chi connectivity index (χ0v) is 14.0. The van der Waals surface area contributed by atoms with Gasteiger partial charge in [-0.25, -0.2) is 4.98 Å². The highest BCUT2D eigenvalue weighted by Crippen LogP contribution is 2.28. The number of aromatic nitrogens is 2. The minimum Gasteiger partial charge on any atom is -0.507 e. The van der Waals surface area contributed by atoms with Crippen LogP contribution in [0.25, 0.3) is 16.7 Å². The molecule has 0 bridgehead atoms. The number of methoxy groups -OCH3 is 1. The van der Waals surface area contributed by atoms with E-state index < -0.39 is 0 Å². The summed E-state index contributed by atoms with van der Waals surface area (Å²) in [4.78, 5) is 17.3. The lowest BCUT2D eigenvalue weighted by Gasteiger charge is -2.14. The van der Waals surface area contributed by atoms with Gasteiger partial charge in [0.25, 0.3) is 5.56 Å². The number of benzene rings is 1. The van der Waals surface area contributed by atoms with Crippen LogP contribution in [0.1, 0.15) is 18.4 Å². The van der Waals surface area contributed by atoms with Crippen LogP contribution in [-0.4, -0.2) is 33.5 Å². The summed E-state index contributed by atoms with van der Waals surface area (Å²) < 4.78 is 6.67. The third-order valence-corrected chi connectivity index (χ3v) is 4.17. The highest BCUT2D eigenvalue weighted by atomic mass is 16.5. The van der Waals surface area contributed by atoms with E-state index in [-0.39, 0.29) is 17.9 Å². The Morgan fingerprint density at radius 3 is 2.60 bits per heavy atom. The van der Waals surface area contributed by atoms with Crippen LogP contribution in [0, 0.1) is 0 Å². The molecule has 0 aliphatic rings. The van der Waals surface area contributed by atoms with Crippen molar-refractivity contribution in [2.45, 2.75) is 19.3 Å². The molecule has 0 radical (unpaired) electrons. The van der Waals surface area contributed by atoms with E-state index in [2.05, 4.69) is 4.98 Å². The lowest BCUT2D eigenvalue weighted by molar-refractivity contribution is 0.284. The van der Waals surface area contributed by atoms with E-state index in [1.165, 1.54) is 4.57 Å². The number of hydrogen-bond donors (Lipinski definition) is 2. The number of ether oxygens (including phenoxy) is 1. The number of hydrogen-bond acceptors (Lipinski definition) is 5. The smallest absolute Gasteiger partial charge is 0.263 e. The Morgan fingerprint density at radius 1 is 1.16 bits per heavy atom. The molecule has 0 aliphatic heterocycles. The van der Waals surface area contributed by atoms with Gasteiger partial charge in [-0.3, -0.25) is 9.36 Å². The van der Waals surface area contributed by atoms with Gasteiger partial charge < -0.3 is 14.9 Å². The molecule has 0 fully saturated rings. The van der Waals surface area contributed by atoms with Gasteiger partial charge in [0.05, 0.1) is 23.7 Å². The van der Waals surface area contributed by atoms with Gasteiger partial charge in [0.2, 0.25) is 0 Å². The Bertz CT molecular complexity index is 933. The third kappa shape index (κ3) is 3.21. The van der Waals surface area contributed by atoms with Crippen molar-refractivity contribution in [1.29, 1.82) is 0 Å². The number of aliphatic hydroxyl groups excluding tert-OH is 1. The normalized spacial score (nSPS) is 11.0. The molecular formula is C19H20N2O4. The average molecular weight is 340 g/mol. The van der Waals surface area contributed by atoms with Crippen molar-refractivity contribution in [3.63, 3.8) is 0 Å². The molecule has 0 unspecified atom stereocenters. The summed E-state index contributed by atoms with van der Waals surface area (Å²) in [6, 6.07) is 10.6. The standard InChI is InChI=1S/C19H20N2O4/c1-25-14-9-7-13(8-10-14)21-18-15(6-4-11-20-18)17(23)16(19(21)24)5-2-3-12-22/h4,6-11,22-23H,2-3,5,12H2,1H3. The number of unbranched alkanes of at least 4 members (excludes halogenated alkanes) is 1.